The number of piperidine rings is 1. The number of rotatable bonds is 4. The van der Waals surface area contributed by atoms with Crippen molar-refractivity contribution in [3.05, 3.63) is 66.0 Å². The first-order valence-corrected chi connectivity index (χ1v) is 9.36. The highest BCUT2D eigenvalue weighted by molar-refractivity contribution is 5.79. The van der Waals surface area contributed by atoms with E-state index in [0.717, 1.165) is 44.8 Å². The SMILES string of the molecule is O=C(Cc1ccccc1)N1CC[C@@H]2OCCN(Cc3cccnc3)[C@H]2C1. The second kappa shape index (κ2) is 7.98. The molecule has 0 saturated carbocycles. The Balaban J connectivity index is 1.42. The zero-order valence-corrected chi connectivity index (χ0v) is 15.0. The largest absolute Gasteiger partial charge is 0.375 e. The summed E-state index contributed by atoms with van der Waals surface area (Å²) in [7, 11) is 0. The Morgan fingerprint density at radius 2 is 1.96 bits per heavy atom. The molecule has 0 aliphatic carbocycles. The van der Waals surface area contributed by atoms with Crippen molar-refractivity contribution in [2.75, 3.05) is 26.2 Å². The van der Waals surface area contributed by atoms with Crippen LogP contribution in [-0.4, -0.2) is 59.1 Å². The van der Waals surface area contributed by atoms with Crippen molar-refractivity contribution in [1.82, 2.24) is 14.8 Å². The maximum absolute atomic E-state index is 12.8. The van der Waals surface area contributed by atoms with Crippen molar-refractivity contribution < 1.29 is 9.53 Å². The van der Waals surface area contributed by atoms with Gasteiger partial charge in [0.25, 0.3) is 0 Å². The van der Waals surface area contributed by atoms with Gasteiger partial charge in [-0.2, -0.15) is 0 Å². The lowest BCUT2D eigenvalue weighted by molar-refractivity contribution is -0.142. The normalized spacial score (nSPS) is 23.5. The highest BCUT2D eigenvalue weighted by Crippen LogP contribution is 2.25. The molecule has 1 aromatic carbocycles. The van der Waals surface area contributed by atoms with E-state index in [0.29, 0.717) is 6.42 Å². The molecule has 4 rings (SSSR count). The van der Waals surface area contributed by atoms with E-state index < -0.39 is 0 Å². The summed E-state index contributed by atoms with van der Waals surface area (Å²) in [6.45, 7) is 4.05. The summed E-state index contributed by atoms with van der Waals surface area (Å²) in [6, 6.07) is 14.3. The van der Waals surface area contributed by atoms with Crippen molar-refractivity contribution in [2.45, 2.75) is 31.5 Å². The topological polar surface area (TPSA) is 45.7 Å². The summed E-state index contributed by atoms with van der Waals surface area (Å²) in [5, 5.41) is 0. The molecule has 2 aliphatic rings. The maximum Gasteiger partial charge on any atom is 0.227 e. The zero-order valence-electron chi connectivity index (χ0n) is 15.0. The molecule has 2 aliphatic heterocycles. The van der Waals surface area contributed by atoms with Crippen LogP contribution in [0.15, 0.2) is 54.9 Å². The number of carbonyl (C=O) groups is 1. The van der Waals surface area contributed by atoms with Gasteiger partial charge in [0.2, 0.25) is 5.91 Å². The molecule has 136 valence electrons. The number of nitrogens with zero attached hydrogens (tertiary/aromatic N) is 3. The minimum atomic E-state index is 0.210. The maximum atomic E-state index is 12.8. The third-order valence-corrected chi connectivity index (χ3v) is 5.36. The fourth-order valence-electron chi connectivity index (χ4n) is 3.97. The summed E-state index contributed by atoms with van der Waals surface area (Å²) in [5.74, 6) is 0.210. The number of likely N-dealkylation sites (tertiary alicyclic amines) is 1. The molecule has 0 N–H and O–H groups in total. The zero-order chi connectivity index (χ0) is 17.8. The lowest BCUT2D eigenvalue weighted by Gasteiger charge is -2.47. The minimum Gasteiger partial charge on any atom is -0.375 e. The molecule has 0 bridgehead atoms. The standard InChI is InChI=1S/C21H25N3O2/c25-21(13-17-5-2-1-3-6-17)24-10-8-20-19(16-24)23(11-12-26-20)15-18-7-4-9-22-14-18/h1-7,9,14,19-20H,8,10-13,15-16H2/t19-,20-/m0/s1. The number of hydrogen-bond acceptors (Lipinski definition) is 4. The predicted octanol–water partition coefficient (Wildman–Crippen LogP) is 2.13. The van der Waals surface area contributed by atoms with E-state index >= 15 is 0 Å². The van der Waals surface area contributed by atoms with Crippen LogP contribution in [0.25, 0.3) is 0 Å². The van der Waals surface area contributed by atoms with Gasteiger partial charge < -0.3 is 9.64 Å². The van der Waals surface area contributed by atoms with E-state index in [1.807, 2.05) is 47.5 Å². The number of carbonyl (C=O) groups excluding carboxylic acids is 1. The third-order valence-electron chi connectivity index (χ3n) is 5.36. The van der Waals surface area contributed by atoms with Crippen molar-refractivity contribution in [3.8, 4) is 0 Å². The van der Waals surface area contributed by atoms with Crippen LogP contribution in [-0.2, 0) is 22.5 Å². The second-order valence-corrected chi connectivity index (χ2v) is 7.10. The fourth-order valence-corrected chi connectivity index (χ4v) is 3.97. The highest BCUT2D eigenvalue weighted by Gasteiger charge is 2.38. The van der Waals surface area contributed by atoms with Gasteiger partial charge in [-0.15, -0.1) is 0 Å². The monoisotopic (exact) mass is 351 g/mol. The van der Waals surface area contributed by atoms with Crippen LogP contribution in [0.3, 0.4) is 0 Å². The van der Waals surface area contributed by atoms with Gasteiger partial charge in [-0.3, -0.25) is 14.7 Å². The molecule has 5 nitrogen and oxygen atoms in total. The summed E-state index contributed by atoms with van der Waals surface area (Å²) in [4.78, 5) is 21.4. The van der Waals surface area contributed by atoms with Gasteiger partial charge in [0, 0.05) is 38.6 Å². The van der Waals surface area contributed by atoms with E-state index in [4.69, 9.17) is 4.74 Å². The summed E-state index contributed by atoms with van der Waals surface area (Å²) < 4.78 is 6.00. The molecule has 26 heavy (non-hydrogen) atoms. The van der Waals surface area contributed by atoms with Crippen LogP contribution in [0, 0.1) is 0 Å². The number of ether oxygens (including phenoxy) is 1. The molecule has 2 fully saturated rings. The first-order chi connectivity index (χ1) is 12.8. The van der Waals surface area contributed by atoms with Crippen LogP contribution in [0.5, 0.6) is 0 Å². The first-order valence-electron chi connectivity index (χ1n) is 9.36. The lowest BCUT2D eigenvalue weighted by Crippen LogP contribution is -2.60. The van der Waals surface area contributed by atoms with Crippen LogP contribution < -0.4 is 0 Å². The Bertz CT molecular complexity index is 723. The van der Waals surface area contributed by atoms with Crippen molar-refractivity contribution in [3.63, 3.8) is 0 Å². The second-order valence-electron chi connectivity index (χ2n) is 7.10. The fraction of sp³-hybridized carbons (Fsp3) is 0.429. The van der Waals surface area contributed by atoms with Gasteiger partial charge >= 0.3 is 0 Å². The molecular formula is C21H25N3O2. The molecule has 0 unspecified atom stereocenters. The van der Waals surface area contributed by atoms with E-state index in [1.165, 1.54) is 5.56 Å². The average Bonchev–Trinajstić information content (AvgIpc) is 2.69. The summed E-state index contributed by atoms with van der Waals surface area (Å²) in [5.41, 5.74) is 2.28. The van der Waals surface area contributed by atoms with Crippen LogP contribution in [0.4, 0.5) is 0 Å². The van der Waals surface area contributed by atoms with Gasteiger partial charge in [0.1, 0.15) is 0 Å². The van der Waals surface area contributed by atoms with Gasteiger partial charge in [-0.05, 0) is 23.6 Å². The number of hydrogen-bond donors (Lipinski definition) is 0. The predicted molar refractivity (Wildman–Crippen MR) is 99.5 cm³/mol. The van der Waals surface area contributed by atoms with Crippen LogP contribution >= 0.6 is 0 Å². The Labute approximate surface area is 154 Å². The van der Waals surface area contributed by atoms with Gasteiger partial charge in [-0.1, -0.05) is 36.4 Å². The van der Waals surface area contributed by atoms with Crippen LogP contribution in [0.1, 0.15) is 17.5 Å². The highest BCUT2D eigenvalue weighted by atomic mass is 16.5. The summed E-state index contributed by atoms with van der Waals surface area (Å²) >= 11 is 0. The molecule has 2 atom stereocenters. The van der Waals surface area contributed by atoms with Gasteiger partial charge in [-0.25, -0.2) is 0 Å². The smallest absolute Gasteiger partial charge is 0.227 e. The van der Waals surface area contributed by atoms with Crippen molar-refractivity contribution in [2.24, 2.45) is 0 Å². The number of benzene rings is 1. The Hall–Kier alpha value is -2.24. The molecular weight excluding hydrogens is 326 g/mol. The molecule has 3 heterocycles. The number of aromatic nitrogens is 1. The molecule has 1 amide bonds. The van der Waals surface area contributed by atoms with Gasteiger partial charge in [0.15, 0.2) is 0 Å². The Kier molecular flexibility index (Phi) is 5.27. The van der Waals surface area contributed by atoms with Crippen molar-refractivity contribution in [1.29, 1.82) is 0 Å². The number of amides is 1. The quantitative estimate of drug-likeness (QED) is 0.847. The number of fused-ring (bicyclic) bond motifs is 1. The van der Waals surface area contributed by atoms with E-state index in [2.05, 4.69) is 16.0 Å². The minimum absolute atomic E-state index is 0.210. The summed E-state index contributed by atoms with van der Waals surface area (Å²) in [6.07, 6.45) is 5.33. The molecule has 1 aromatic heterocycles. The van der Waals surface area contributed by atoms with Gasteiger partial charge in [0.05, 0.1) is 25.2 Å². The average molecular weight is 351 g/mol. The molecule has 2 saturated heterocycles. The third kappa shape index (κ3) is 3.94. The van der Waals surface area contributed by atoms with Crippen molar-refractivity contribution >= 4 is 5.91 Å². The Morgan fingerprint density at radius 3 is 2.77 bits per heavy atom. The van der Waals surface area contributed by atoms with E-state index in [9.17, 15) is 4.79 Å². The molecule has 0 spiro atoms. The lowest BCUT2D eigenvalue weighted by atomic mass is 9.97. The van der Waals surface area contributed by atoms with E-state index in [-0.39, 0.29) is 18.1 Å². The first kappa shape index (κ1) is 17.2. The number of morpholine rings is 1. The molecule has 0 radical (unpaired) electrons. The molecule has 5 heteroatoms. The van der Waals surface area contributed by atoms with Crippen LogP contribution in [0.2, 0.25) is 0 Å². The number of pyridine rings is 1. The molecule has 2 aromatic rings. The van der Waals surface area contributed by atoms with E-state index in [1.54, 1.807) is 6.20 Å². The Morgan fingerprint density at radius 1 is 1.12 bits per heavy atom.